The lowest BCUT2D eigenvalue weighted by atomic mass is 10.0. The van der Waals surface area contributed by atoms with Gasteiger partial charge in [0.15, 0.2) is 0 Å². The third-order valence-corrected chi connectivity index (χ3v) is 2.68. The van der Waals surface area contributed by atoms with Crippen molar-refractivity contribution in [3.05, 3.63) is 29.8 Å². The zero-order valence-electron chi connectivity index (χ0n) is 9.90. The first-order valence-corrected chi connectivity index (χ1v) is 5.64. The first-order valence-electron chi connectivity index (χ1n) is 5.64. The molecule has 0 aliphatic rings. The smallest absolute Gasteiger partial charge is 0.0606 e. The normalized spacial score (nSPS) is 10.7. The summed E-state index contributed by atoms with van der Waals surface area (Å²) in [5.74, 6) is 0.576. The van der Waals surface area contributed by atoms with Gasteiger partial charge in [-0.15, -0.1) is 0 Å². The maximum absolute atomic E-state index is 8.93. The minimum Gasteiger partial charge on any atom is -0.395 e. The second kappa shape index (κ2) is 5.76. The van der Waals surface area contributed by atoms with Crippen molar-refractivity contribution < 1.29 is 5.11 Å². The van der Waals surface area contributed by atoms with Crippen molar-refractivity contribution in [1.82, 2.24) is 0 Å². The predicted octanol–water partition coefficient (Wildman–Crippen LogP) is 2.63. The van der Waals surface area contributed by atoms with Crippen LogP contribution in [0.15, 0.2) is 24.3 Å². The second-order valence-corrected chi connectivity index (χ2v) is 4.05. The molecule has 2 heteroatoms. The van der Waals surface area contributed by atoms with Gasteiger partial charge in [0.25, 0.3) is 0 Å². The summed E-state index contributed by atoms with van der Waals surface area (Å²) >= 11 is 0. The van der Waals surface area contributed by atoms with Crippen LogP contribution < -0.4 is 4.90 Å². The lowest BCUT2D eigenvalue weighted by molar-refractivity contribution is 0.302. The number of anilines is 1. The highest BCUT2D eigenvalue weighted by Gasteiger charge is 2.04. The van der Waals surface area contributed by atoms with Gasteiger partial charge in [-0.3, -0.25) is 0 Å². The van der Waals surface area contributed by atoms with Crippen LogP contribution in [0.2, 0.25) is 0 Å². The van der Waals surface area contributed by atoms with Crippen LogP contribution in [0.4, 0.5) is 5.69 Å². The number of aliphatic hydroxyl groups is 1. The zero-order chi connectivity index (χ0) is 11.3. The quantitative estimate of drug-likeness (QED) is 0.802. The Hall–Kier alpha value is -1.02. The number of aliphatic hydroxyl groups excluding tert-OH is 1. The Balaban J connectivity index is 2.77. The second-order valence-electron chi connectivity index (χ2n) is 4.05. The van der Waals surface area contributed by atoms with Gasteiger partial charge in [0.1, 0.15) is 0 Å². The van der Waals surface area contributed by atoms with Crippen LogP contribution in [-0.4, -0.2) is 24.8 Å². The van der Waals surface area contributed by atoms with E-state index < -0.39 is 0 Å². The van der Waals surface area contributed by atoms with Gasteiger partial charge in [0.2, 0.25) is 0 Å². The van der Waals surface area contributed by atoms with Crippen molar-refractivity contribution in [2.45, 2.75) is 26.7 Å². The van der Waals surface area contributed by atoms with Gasteiger partial charge in [-0.05, 0) is 30.5 Å². The van der Waals surface area contributed by atoms with Crippen LogP contribution in [-0.2, 0) is 0 Å². The fourth-order valence-corrected chi connectivity index (χ4v) is 1.66. The van der Waals surface area contributed by atoms with E-state index >= 15 is 0 Å². The molecular formula is C13H21NO. The van der Waals surface area contributed by atoms with E-state index in [0.717, 1.165) is 6.54 Å². The highest BCUT2D eigenvalue weighted by Crippen LogP contribution is 2.19. The van der Waals surface area contributed by atoms with Crippen molar-refractivity contribution >= 4 is 5.69 Å². The SMILES string of the molecule is CCN(CCO)c1ccc(C(C)C)cc1. The lowest BCUT2D eigenvalue weighted by Gasteiger charge is -2.22. The van der Waals surface area contributed by atoms with E-state index in [1.54, 1.807) is 0 Å². The van der Waals surface area contributed by atoms with Crippen LogP contribution >= 0.6 is 0 Å². The molecule has 1 N–H and O–H groups in total. The monoisotopic (exact) mass is 207 g/mol. The van der Waals surface area contributed by atoms with Gasteiger partial charge < -0.3 is 10.0 Å². The molecule has 0 amide bonds. The van der Waals surface area contributed by atoms with E-state index in [9.17, 15) is 0 Å². The number of hydrogen-bond acceptors (Lipinski definition) is 2. The maximum Gasteiger partial charge on any atom is 0.0606 e. The van der Waals surface area contributed by atoms with Gasteiger partial charge >= 0.3 is 0 Å². The third-order valence-electron chi connectivity index (χ3n) is 2.68. The molecule has 0 spiro atoms. The largest absolute Gasteiger partial charge is 0.395 e. The fraction of sp³-hybridized carbons (Fsp3) is 0.538. The molecule has 0 aliphatic carbocycles. The summed E-state index contributed by atoms with van der Waals surface area (Å²) in [4.78, 5) is 2.17. The summed E-state index contributed by atoms with van der Waals surface area (Å²) in [7, 11) is 0. The first kappa shape index (κ1) is 12.1. The van der Waals surface area contributed by atoms with E-state index in [2.05, 4.69) is 49.9 Å². The molecule has 0 saturated carbocycles. The van der Waals surface area contributed by atoms with Gasteiger partial charge in [-0.25, -0.2) is 0 Å². The molecule has 0 bridgehead atoms. The van der Waals surface area contributed by atoms with Gasteiger partial charge in [-0.1, -0.05) is 26.0 Å². The van der Waals surface area contributed by atoms with Crippen molar-refractivity contribution in [2.75, 3.05) is 24.6 Å². The summed E-state index contributed by atoms with van der Waals surface area (Å²) in [6.07, 6.45) is 0. The molecule has 84 valence electrons. The van der Waals surface area contributed by atoms with Crippen molar-refractivity contribution in [3.8, 4) is 0 Å². The standard InChI is InChI=1S/C13H21NO/c1-4-14(9-10-15)13-7-5-12(6-8-13)11(2)3/h5-8,11,15H,4,9-10H2,1-3H3. The molecule has 0 radical (unpaired) electrons. The molecule has 1 rings (SSSR count). The molecular weight excluding hydrogens is 186 g/mol. The van der Waals surface area contributed by atoms with Crippen molar-refractivity contribution in [2.24, 2.45) is 0 Å². The molecule has 15 heavy (non-hydrogen) atoms. The Morgan fingerprint density at radius 3 is 2.20 bits per heavy atom. The van der Waals surface area contributed by atoms with Crippen LogP contribution in [0.5, 0.6) is 0 Å². The summed E-state index contributed by atoms with van der Waals surface area (Å²) in [6.45, 7) is 8.34. The van der Waals surface area contributed by atoms with E-state index in [1.165, 1.54) is 11.3 Å². The Morgan fingerprint density at radius 1 is 1.20 bits per heavy atom. The molecule has 1 aromatic carbocycles. The van der Waals surface area contributed by atoms with Crippen LogP contribution in [0.25, 0.3) is 0 Å². The van der Waals surface area contributed by atoms with Gasteiger partial charge in [-0.2, -0.15) is 0 Å². The maximum atomic E-state index is 8.93. The van der Waals surface area contributed by atoms with Crippen molar-refractivity contribution in [1.29, 1.82) is 0 Å². The molecule has 2 nitrogen and oxygen atoms in total. The summed E-state index contributed by atoms with van der Waals surface area (Å²) in [5, 5.41) is 8.93. The highest BCUT2D eigenvalue weighted by molar-refractivity contribution is 5.47. The minimum atomic E-state index is 0.208. The molecule has 1 aromatic rings. The zero-order valence-corrected chi connectivity index (χ0v) is 9.90. The summed E-state index contributed by atoms with van der Waals surface area (Å²) < 4.78 is 0. The van der Waals surface area contributed by atoms with Crippen LogP contribution in [0.1, 0.15) is 32.3 Å². The van der Waals surface area contributed by atoms with Crippen LogP contribution in [0, 0.1) is 0 Å². The van der Waals surface area contributed by atoms with E-state index in [1.807, 2.05) is 0 Å². The lowest BCUT2D eigenvalue weighted by Crippen LogP contribution is -2.25. The van der Waals surface area contributed by atoms with Gasteiger partial charge in [0, 0.05) is 18.8 Å². The molecule has 0 aliphatic heterocycles. The number of benzene rings is 1. The van der Waals surface area contributed by atoms with Crippen LogP contribution in [0.3, 0.4) is 0 Å². The topological polar surface area (TPSA) is 23.5 Å². The number of likely N-dealkylation sites (N-methyl/N-ethyl adjacent to an activating group) is 1. The molecule has 0 atom stereocenters. The Labute approximate surface area is 92.5 Å². The van der Waals surface area contributed by atoms with Crippen molar-refractivity contribution in [3.63, 3.8) is 0 Å². The molecule has 0 saturated heterocycles. The number of nitrogens with zero attached hydrogens (tertiary/aromatic N) is 1. The molecule has 0 unspecified atom stereocenters. The average Bonchev–Trinajstić information content (AvgIpc) is 2.26. The highest BCUT2D eigenvalue weighted by atomic mass is 16.3. The Bertz CT molecular complexity index is 279. The number of hydrogen-bond donors (Lipinski definition) is 1. The molecule has 0 fully saturated rings. The third kappa shape index (κ3) is 3.24. The van der Waals surface area contributed by atoms with Gasteiger partial charge in [0.05, 0.1) is 6.61 Å². The summed E-state index contributed by atoms with van der Waals surface area (Å²) in [5.41, 5.74) is 2.55. The van der Waals surface area contributed by atoms with E-state index in [0.29, 0.717) is 12.5 Å². The molecule has 0 aromatic heterocycles. The molecule has 0 heterocycles. The van der Waals surface area contributed by atoms with E-state index in [4.69, 9.17) is 5.11 Å². The van der Waals surface area contributed by atoms with E-state index in [-0.39, 0.29) is 6.61 Å². The predicted molar refractivity (Wildman–Crippen MR) is 65.5 cm³/mol. The first-order chi connectivity index (χ1) is 7.19. The summed E-state index contributed by atoms with van der Waals surface area (Å²) in [6, 6.07) is 8.60. The minimum absolute atomic E-state index is 0.208. The average molecular weight is 207 g/mol. The Kier molecular flexibility index (Phi) is 4.63. The Morgan fingerprint density at radius 2 is 1.80 bits per heavy atom. The fourth-order valence-electron chi connectivity index (χ4n) is 1.66. The number of rotatable bonds is 5.